The zero-order valence-corrected chi connectivity index (χ0v) is 10.2. The molecule has 6 heteroatoms. The zero-order chi connectivity index (χ0) is 13.4. The van der Waals surface area contributed by atoms with E-state index in [1.807, 2.05) is 0 Å². The minimum Gasteiger partial charge on any atom is -0.420 e. The Morgan fingerprint density at radius 1 is 1.16 bits per heavy atom. The van der Waals surface area contributed by atoms with Crippen LogP contribution in [0.5, 0.6) is 0 Å². The average molecular weight is 265 g/mol. The molecule has 1 aromatic carbocycles. The van der Waals surface area contributed by atoms with Gasteiger partial charge in [0.1, 0.15) is 11.4 Å². The molecule has 0 bridgehead atoms. The summed E-state index contributed by atoms with van der Waals surface area (Å²) in [4.78, 5) is 0. The maximum atomic E-state index is 13.8. The normalized spacial score (nSPS) is 16.1. The van der Waals surface area contributed by atoms with Gasteiger partial charge < -0.3 is 10.2 Å². The van der Waals surface area contributed by atoms with Gasteiger partial charge in [-0.15, -0.1) is 10.2 Å². The fourth-order valence-corrected chi connectivity index (χ4v) is 2.44. The molecule has 0 saturated heterocycles. The van der Waals surface area contributed by atoms with Crippen LogP contribution in [-0.2, 0) is 0 Å². The molecule has 0 radical (unpaired) electrons. The Kier molecular flexibility index (Phi) is 2.93. The van der Waals surface area contributed by atoms with Crippen molar-refractivity contribution in [2.75, 3.05) is 5.73 Å². The number of nitrogen functional groups attached to an aromatic ring is 1. The lowest BCUT2D eigenvalue weighted by molar-refractivity contribution is 0.452. The van der Waals surface area contributed by atoms with E-state index < -0.39 is 11.6 Å². The summed E-state index contributed by atoms with van der Waals surface area (Å²) in [5, 5.41) is 7.64. The van der Waals surface area contributed by atoms with Gasteiger partial charge >= 0.3 is 0 Å². The molecule has 1 saturated carbocycles. The van der Waals surface area contributed by atoms with E-state index in [9.17, 15) is 8.78 Å². The Morgan fingerprint density at radius 2 is 1.89 bits per heavy atom. The van der Waals surface area contributed by atoms with Gasteiger partial charge in [-0.1, -0.05) is 12.8 Å². The molecule has 1 aliphatic carbocycles. The van der Waals surface area contributed by atoms with Gasteiger partial charge in [-0.25, -0.2) is 8.78 Å². The number of halogens is 2. The van der Waals surface area contributed by atoms with Gasteiger partial charge in [-0.05, 0) is 25.0 Å². The first kappa shape index (κ1) is 12.1. The number of aromatic nitrogens is 2. The van der Waals surface area contributed by atoms with E-state index in [1.165, 1.54) is 6.07 Å². The van der Waals surface area contributed by atoms with Crippen molar-refractivity contribution < 1.29 is 13.2 Å². The van der Waals surface area contributed by atoms with Crippen molar-refractivity contribution in [3.05, 3.63) is 29.7 Å². The number of hydrogen-bond acceptors (Lipinski definition) is 4. The van der Waals surface area contributed by atoms with E-state index in [0.29, 0.717) is 5.89 Å². The smallest absolute Gasteiger partial charge is 0.253 e. The number of rotatable bonds is 2. The van der Waals surface area contributed by atoms with Gasteiger partial charge in [0.2, 0.25) is 5.89 Å². The summed E-state index contributed by atoms with van der Waals surface area (Å²) >= 11 is 0. The van der Waals surface area contributed by atoms with Crippen molar-refractivity contribution in [2.24, 2.45) is 0 Å². The molecule has 19 heavy (non-hydrogen) atoms. The highest BCUT2D eigenvalue weighted by molar-refractivity contribution is 5.61. The Bertz CT molecular complexity index is 606. The van der Waals surface area contributed by atoms with Gasteiger partial charge in [0, 0.05) is 5.92 Å². The topological polar surface area (TPSA) is 64.9 Å². The molecule has 3 rings (SSSR count). The third kappa shape index (κ3) is 2.07. The van der Waals surface area contributed by atoms with Gasteiger partial charge in [-0.3, -0.25) is 0 Å². The molecule has 0 unspecified atom stereocenters. The van der Waals surface area contributed by atoms with Gasteiger partial charge in [0.05, 0.1) is 5.69 Å². The lowest BCUT2D eigenvalue weighted by atomic mass is 10.1. The highest BCUT2D eigenvalue weighted by Crippen LogP contribution is 2.35. The summed E-state index contributed by atoms with van der Waals surface area (Å²) in [5.74, 6) is -1.11. The van der Waals surface area contributed by atoms with Crippen LogP contribution >= 0.6 is 0 Å². The van der Waals surface area contributed by atoms with Crippen molar-refractivity contribution >= 4 is 5.69 Å². The number of benzene rings is 1. The fourth-order valence-electron chi connectivity index (χ4n) is 2.44. The first-order chi connectivity index (χ1) is 9.16. The summed E-state index contributed by atoms with van der Waals surface area (Å²) < 4.78 is 32.9. The van der Waals surface area contributed by atoms with E-state index in [1.54, 1.807) is 0 Å². The third-order valence-electron chi connectivity index (χ3n) is 3.48. The first-order valence-electron chi connectivity index (χ1n) is 6.24. The molecule has 1 aliphatic rings. The van der Waals surface area contributed by atoms with Crippen molar-refractivity contribution in [1.29, 1.82) is 0 Å². The number of hydrogen-bond donors (Lipinski definition) is 1. The molecule has 2 aromatic rings. The summed E-state index contributed by atoms with van der Waals surface area (Å²) in [6.07, 6.45) is 4.18. The molecular weight excluding hydrogens is 252 g/mol. The SMILES string of the molecule is Nc1ccc(F)c(-c2nnc(C3CCCC3)o2)c1F. The van der Waals surface area contributed by atoms with E-state index >= 15 is 0 Å². The highest BCUT2D eigenvalue weighted by atomic mass is 19.1. The minimum absolute atomic E-state index is 0.142. The molecule has 0 spiro atoms. The molecule has 0 atom stereocenters. The maximum Gasteiger partial charge on any atom is 0.253 e. The summed E-state index contributed by atoms with van der Waals surface area (Å²) in [6, 6.07) is 2.26. The van der Waals surface area contributed by atoms with Crippen molar-refractivity contribution in [1.82, 2.24) is 10.2 Å². The van der Waals surface area contributed by atoms with Crippen LogP contribution < -0.4 is 5.73 Å². The van der Waals surface area contributed by atoms with Crippen LogP contribution in [-0.4, -0.2) is 10.2 Å². The summed E-state index contributed by atoms with van der Waals surface area (Å²) in [7, 11) is 0. The van der Waals surface area contributed by atoms with Crippen LogP contribution in [0, 0.1) is 11.6 Å². The minimum atomic E-state index is -0.860. The second-order valence-electron chi connectivity index (χ2n) is 4.75. The van der Waals surface area contributed by atoms with Crippen molar-refractivity contribution in [3.8, 4) is 11.5 Å². The number of nitrogens with two attached hydrogens (primary N) is 1. The molecule has 100 valence electrons. The Morgan fingerprint density at radius 3 is 2.63 bits per heavy atom. The predicted molar refractivity (Wildman–Crippen MR) is 65.3 cm³/mol. The average Bonchev–Trinajstić information content (AvgIpc) is 3.04. The Labute approximate surface area is 108 Å². The van der Waals surface area contributed by atoms with Crippen LogP contribution in [0.3, 0.4) is 0 Å². The lowest BCUT2D eigenvalue weighted by Crippen LogP contribution is -1.96. The maximum absolute atomic E-state index is 13.8. The van der Waals surface area contributed by atoms with Crippen molar-refractivity contribution in [3.63, 3.8) is 0 Å². The molecule has 2 N–H and O–H groups in total. The molecule has 1 aromatic heterocycles. The summed E-state index contributed by atoms with van der Waals surface area (Å²) in [6.45, 7) is 0. The zero-order valence-electron chi connectivity index (χ0n) is 10.2. The molecule has 0 aliphatic heterocycles. The molecular formula is C13H13F2N3O. The second-order valence-corrected chi connectivity index (χ2v) is 4.75. The highest BCUT2D eigenvalue weighted by Gasteiger charge is 2.25. The summed E-state index contributed by atoms with van der Waals surface area (Å²) in [5.41, 5.74) is 4.93. The van der Waals surface area contributed by atoms with Crippen LogP contribution in [0.1, 0.15) is 37.5 Å². The second kappa shape index (κ2) is 4.60. The first-order valence-corrected chi connectivity index (χ1v) is 6.24. The van der Waals surface area contributed by atoms with E-state index in [2.05, 4.69) is 10.2 Å². The Balaban J connectivity index is 2.01. The van der Waals surface area contributed by atoms with Crippen molar-refractivity contribution in [2.45, 2.75) is 31.6 Å². The monoisotopic (exact) mass is 265 g/mol. The standard InChI is InChI=1S/C13H13F2N3O/c14-8-5-6-9(16)11(15)10(8)13-18-17-12(19-13)7-3-1-2-4-7/h5-7H,1-4,16H2. The van der Waals surface area contributed by atoms with E-state index in [-0.39, 0.29) is 23.1 Å². The van der Waals surface area contributed by atoms with Gasteiger partial charge in [-0.2, -0.15) is 0 Å². The molecule has 0 amide bonds. The van der Waals surface area contributed by atoms with Gasteiger partial charge in [0.15, 0.2) is 5.82 Å². The van der Waals surface area contributed by atoms with E-state index in [0.717, 1.165) is 31.7 Å². The van der Waals surface area contributed by atoms with E-state index in [4.69, 9.17) is 10.2 Å². The third-order valence-corrected chi connectivity index (χ3v) is 3.48. The molecule has 1 fully saturated rings. The number of nitrogens with zero attached hydrogens (tertiary/aromatic N) is 2. The fraction of sp³-hybridized carbons (Fsp3) is 0.385. The quantitative estimate of drug-likeness (QED) is 0.846. The van der Waals surface area contributed by atoms with Crippen LogP contribution in [0.25, 0.3) is 11.5 Å². The number of anilines is 1. The Hall–Kier alpha value is -1.98. The molecule has 4 nitrogen and oxygen atoms in total. The van der Waals surface area contributed by atoms with Crippen LogP contribution in [0.2, 0.25) is 0 Å². The van der Waals surface area contributed by atoms with Crippen LogP contribution in [0.15, 0.2) is 16.5 Å². The lowest BCUT2D eigenvalue weighted by Gasteiger charge is -2.03. The molecule has 1 heterocycles. The van der Waals surface area contributed by atoms with Crippen LogP contribution in [0.4, 0.5) is 14.5 Å². The predicted octanol–water partition coefficient (Wildman–Crippen LogP) is 3.25. The van der Waals surface area contributed by atoms with Gasteiger partial charge in [0.25, 0.3) is 5.89 Å². The largest absolute Gasteiger partial charge is 0.420 e.